The standard InChI is InChI=1S/C33H19F6NS/c34-32(35,36)27-17-26(18-28(19-27)33(37,38)39)24-11-9-22(10-12-24)20-5-7-21(8-6-20)23-13-15-25(16-14-23)31-40-29-3-1-2-4-30(29)41-31/h1-19H. The van der Waals surface area contributed by atoms with Crippen molar-refractivity contribution in [2.75, 3.05) is 0 Å². The van der Waals surface area contributed by atoms with E-state index in [1.807, 2.05) is 66.7 Å². The molecule has 1 aromatic heterocycles. The molecule has 0 N–H and O–H groups in total. The number of nitrogens with zero attached hydrogens (tertiary/aromatic N) is 1. The van der Waals surface area contributed by atoms with Gasteiger partial charge in [-0.1, -0.05) is 84.9 Å². The second-order valence-corrected chi connectivity index (χ2v) is 10.5. The molecule has 0 aliphatic rings. The summed E-state index contributed by atoms with van der Waals surface area (Å²) in [6.45, 7) is 0. The van der Waals surface area contributed by atoms with Crippen LogP contribution in [0.25, 0.3) is 54.2 Å². The molecule has 0 aliphatic heterocycles. The minimum absolute atomic E-state index is 0.133. The molecule has 204 valence electrons. The third-order valence-electron chi connectivity index (χ3n) is 6.78. The Morgan fingerprint density at radius 1 is 0.439 bits per heavy atom. The molecule has 0 saturated carbocycles. The third-order valence-corrected chi connectivity index (χ3v) is 7.87. The maximum atomic E-state index is 13.3. The first-order valence-electron chi connectivity index (χ1n) is 12.5. The van der Waals surface area contributed by atoms with E-state index in [1.54, 1.807) is 23.5 Å². The largest absolute Gasteiger partial charge is 0.416 e. The van der Waals surface area contributed by atoms with Gasteiger partial charge >= 0.3 is 12.4 Å². The summed E-state index contributed by atoms with van der Waals surface area (Å²) in [6, 6.07) is 32.0. The topological polar surface area (TPSA) is 12.9 Å². The van der Waals surface area contributed by atoms with Gasteiger partial charge in [-0.2, -0.15) is 26.3 Å². The van der Waals surface area contributed by atoms with Gasteiger partial charge in [0.1, 0.15) is 5.01 Å². The predicted molar refractivity (Wildman–Crippen MR) is 151 cm³/mol. The number of benzene rings is 5. The van der Waals surface area contributed by atoms with Crippen LogP contribution in [0.5, 0.6) is 0 Å². The van der Waals surface area contributed by atoms with Gasteiger partial charge in [0.2, 0.25) is 0 Å². The van der Waals surface area contributed by atoms with E-state index in [1.165, 1.54) is 12.1 Å². The normalized spacial score (nSPS) is 12.1. The molecule has 0 radical (unpaired) electrons. The van der Waals surface area contributed by atoms with Gasteiger partial charge < -0.3 is 0 Å². The highest BCUT2D eigenvalue weighted by atomic mass is 32.1. The number of alkyl halides is 6. The number of halogens is 6. The SMILES string of the molecule is FC(F)(F)c1cc(-c2ccc(-c3ccc(-c4ccc(-c5nc6ccccc6s5)cc4)cc3)cc2)cc(C(F)(F)F)c1. The Bertz CT molecular complexity index is 1770. The first kappa shape index (κ1) is 26.8. The molecule has 0 unspecified atom stereocenters. The molecule has 8 heteroatoms. The monoisotopic (exact) mass is 575 g/mol. The number of thiazole rings is 1. The Morgan fingerprint density at radius 2 is 0.829 bits per heavy atom. The van der Waals surface area contributed by atoms with Gasteiger partial charge in [-0.25, -0.2) is 4.98 Å². The molecule has 1 heterocycles. The van der Waals surface area contributed by atoms with Crippen molar-refractivity contribution in [3.63, 3.8) is 0 Å². The minimum Gasteiger partial charge on any atom is -0.236 e. The van der Waals surface area contributed by atoms with E-state index in [0.29, 0.717) is 0 Å². The van der Waals surface area contributed by atoms with E-state index in [0.717, 1.165) is 55.2 Å². The molecule has 41 heavy (non-hydrogen) atoms. The summed E-state index contributed by atoms with van der Waals surface area (Å²) in [7, 11) is 0. The number of hydrogen-bond donors (Lipinski definition) is 0. The molecule has 0 amide bonds. The van der Waals surface area contributed by atoms with Crippen molar-refractivity contribution in [3.05, 3.63) is 126 Å². The summed E-state index contributed by atoms with van der Waals surface area (Å²) in [4.78, 5) is 4.70. The van der Waals surface area contributed by atoms with Crippen molar-refractivity contribution >= 4 is 21.6 Å². The van der Waals surface area contributed by atoms with E-state index < -0.39 is 23.5 Å². The van der Waals surface area contributed by atoms with Gasteiger partial charge in [0.25, 0.3) is 0 Å². The summed E-state index contributed by atoms with van der Waals surface area (Å²) in [6.07, 6.45) is -9.79. The van der Waals surface area contributed by atoms with Crippen LogP contribution in [-0.4, -0.2) is 4.98 Å². The zero-order valence-corrected chi connectivity index (χ0v) is 21.9. The summed E-state index contributed by atoms with van der Waals surface area (Å²) in [5.41, 5.74) is 3.13. The lowest BCUT2D eigenvalue weighted by atomic mass is 9.96. The van der Waals surface area contributed by atoms with Crippen LogP contribution in [0.1, 0.15) is 11.1 Å². The molecular weight excluding hydrogens is 556 g/mol. The smallest absolute Gasteiger partial charge is 0.236 e. The first-order chi connectivity index (χ1) is 19.5. The van der Waals surface area contributed by atoms with Crippen molar-refractivity contribution in [2.24, 2.45) is 0 Å². The molecule has 0 fully saturated rings. The lowest BCUT2D eigenvalue weighted by Crippen LogP contribution is -2.11. The maximum Gasteiger partial charge on any atom is 0.416 e. The van der Waals surface area contributed by atoms with Crippen LogP contribution < -0.4 is 0 Å². The number of rotatable bonds is 4. The predicted octanol–water partition coefficient (Wildman–Crippen LogP) is 11.0. The van der Waals surface area contributed by atoms with Gasteiger partial charge in [-0.3, -0.25) is 0 Å². The van der Waals surface area contributed by atoms with Crippen molar-refractivity contribution < 1.29 is 26.3 Å². The average Bonchev–Trinajstić information content (AvgIpc) is 3.41. The zero-order valence-electron chi connectivity index (χ0n) is 21.1. The second kappa shape index (κ2) is 10.2. The van der Waals surface area contributed by atoms with Crippen LogP contribution in [0.3, 0.4) is 0 Å². The highest BCUT2D eigenvalue weighted by molar-refractivity contribution is 7.21. The Kier molecular flexibility index (Phi) is 6.66. The lowest BCUT2D eigenvalue weighted by Gasteiger charge is -2.14. The van der Waals surface area contributed by atoms with E-state index in [-0.39, 0.29) is 17.2 Å². The van der Waals surface area contributed by atoms with Crippen molar-refractivity contribution in [2.45, 2.75) is 12.4 Å². The summed E-state index contributed by atoms with van der Waals surface area (Å²) >= 11 is 1.64. The van der Waals surface area contributed by atoms with Gasteiger partial charge in [-0.15, -0.1) is 11.3 Å². The van der Waals surface area contributed by atoms with Crippen LogP contribution in [0.4, 0.5) is 26.3 Å². The zero-order chi connectivity index (χ0) is 28.8. The van der Waals surface area contributed by atoms with Crippen LogP contribution in [0, 0.1) is 0 Å². The van der Waals surface area contributed by atoms with Crippen LogP contribution in [0.2, 0.25) is 0 Å². The molecule has 0 bridgehead atoms. The second-order valence-electron chi connectivity index (χ2n) is 9.51. The maximum absolute atomic E-state index is 13.3. The van der Waals surface area contributed by atoms with Crippen LogP contribution >= 0.6 is 11.3 Å². The molecule has 1 nitrogen and oxygen atoms in total. The Labute approximate surface area is 235 Å². The van der Waals surface area contributed by atoms with E-state index in [4.69, 9.17) is 4.98 Å². The summed E-state index contributed by atoms with van der Waals surface area (Å²) in [5.74, 6) is 0. The van der Waals surface area contributed by atoms with E-state index in [9.17, 15) is 26.3 Å². The molecule has 0 saturated heterocycles. The van der Waals surface area contributed by atoms with Crippen LogP contribution in [0.15, 0.2) is 115 Å². The van der Waals surface area contributed by atoms with Gasteiger partial charge in [-0.05, 0) is 63.7 Å². The van der Waals surface area contributed by atoms with E-state index in [2.05, 4.69) is 6.07 Å². The number of para-hydroxylation sites is 1. The Balaban J connectivity index is 1.22. The van der Waals surface area contributed by atoms with Crippen molar-refractivity contribution in [1.29, 1.82) is 0 Å². The minimum atomic E-state index is -4.90. The molecule has 0 aliphatic carbocycles. The van der Waals surface area contributed by atoms with Crippen LogP contribution in [-0.2, 0) is 12.4 Å². The molecular formula is C33H19F6NS. The molecule has 0 spiro atoms. The van der Waals surface area contributed by atoms with Gasteiger partial charge in [0.05, 0.1) is 21.3 Å². The highest BCUT2D eigenvalue weighted by Crippen LogP contribution is 2.39. The van der Waals surface area contributed by atoms with Crippen molar-refractivity contribution in [3.8, 4) is 44.0 Å². The van der Waals surface area contributed by atoms with E-state index >= 15 is 0 Å². The fraction of sp³-hybridized carbons (Fsp3) is 0.0606. The fourth-order valence-electron chi connectivity index (χ4n) is 4.63. The number of aromatic nitrogens is 1. The molecule has 6 aromatic rings. The molecule has 0 atom stereocenters. The first-order valence-corrected chi connectivity index (χ1v) is 13.3. The average molecular weight is 576 g/mol. The van der Waals surface area contributed by atoms with Gasteiger partial charge in [0, 0.05) is 5.56 Å². The number of fused-ring (bicyclic) bond motifs is 1. The molecule has 6 rings (SSSR count). The fourth-order valence-corrected chi connectivity index (χ4v) is 5.60. The molecule has 5 aromatic carbocycles. The van der Waals surface area contributed by atoms with Crippen molar-refractivity contribution in [1.82, 2.24) is 4.98 Å². The Morgan fingerprint density at radius 3 is 1.24 bits per heavy atom. The summed E-state index contributed by atoms with van der Waals surface area (Å²) in [5, 5.41) is 0.955. The lowest BCUT2D eigenvalue weighted by molar-refractivity contribution is -0.143. The Hall–Kier alpha value is -4.43. The quantitative estimate of drug-likeness (QED) is 0.191. The highest BCUT2D eigenvalue weighted by Gasteiger charge is 2.37. The third kappa shape index (κ3) is 5.60. The number of hydrogen-bond acceptors (Lipinski definition) is 2. The van der Waals surface area contributed by atoms with Gasteiger partial charge in [0.15, 0.2) is 0 Å². The summed E-state index contributed by atoms with van der Waals surface area (Å²) < 4.78 is 80.7.